The molecule has 0 radical (unpaired) electrons. The molecule has 1 aliphatic heterocycles. The van der Waals surface area contributed by atoms with E-state index in [1.165, 1.54) is 5.56 Å². The molecular weight excluding hydrogens is 776 g/mol. The Morgan fingerprint density at radius 1 is 0.729 bits per heavy atom. The fourth-order valence-electron chi connectivity index (χ4n) is 6.43. The van der Waals surface area contributed by atoms with Gasteiger partial charge in [-0.1, -0.05) is 67.2 Å². The summed E-state index contributed by atoms with van der Waals surface area (Å²) in [6.45, 7) is 6.48. The Morgan fingerprint density at radius 2 is 1.48 bits per heavy atom. The number of hydrogen-bond acceptors (Lipinski definition) is 5. The van der Waals surface area contributed by atoms with Gasteiger partial charge in [0, 0.05) is 61.2 Å². The van der Waals surface area contributed by atoms with Crippen LogP contribution in [0.25, 0.3) is 38.8 Å². The molecule has 238 valence electrons. The van der Waals surface area contributed by atoms with E-state index in [-0.39, 0.29) is 21.1 Å². The van der Waals surface area contributed by atoms with Crippen LogP contribution in [0.5, 0.6) is 11.5 Å². The first kappa shape index (κ1) is 30.0. The molecule has 4 heterocycles. The Hall–Kier alpha value is -5.32. The van der Waals surface area contributed by atoms with Gasteiger partial charge in [0.15, 0.2) is 0 Å². The van der Waals surface area contributed by atoms with Crippen LogP contribution in [0.15, 0.2) is 132 Å². The van der Waals surface area contributed by atoms with Crippen molar-refractivity contribution in [1.29, 1.82) is 0 Å². The van der Waals surface area contributed by atoms with Crippen molar-refractivity contribution in [1.82, 2.24) is 9.55 Å². The van der Waals surface area contributed by atoms with Gasteiger partial charge < -0.3 is 23.5 Å². The topological polar surface area (TPSA) is 46.7 Å². The molecule has 0 saturated heterocycles. The second-order valence-corrected chi connectivity index (χ2v) is 12.0. The third-order valence-electron chi connectivity index (χ3n) is 8.72. The predicted octanol–water partition coefficient (Wildman–Crippen LogP) is 10.8. The molecule has 48 heavy (non-hydrogen) atoms. The van der Waals surface area contributed by atoms with Crippen LogP contribution in [0.1, 0.15) is 25.3 Å². The van der Waals surface area contributed by atoms with Crippen molar-refractivity contribution >= 4 is 55.7 Å². The first-order valence-electron chi connectivity index (χ1n) is 15.7. The maximum Gasteiger partial charge on any atom is 0.135 e. The summed E-state index contributed by atoms with van der Waals surface area (Å²) in [4.78, 5) is 9.14. The average Bonchev–Trinajstić information content (AvgIpc) is 3.78. The molecule has 0 saturated carbocycles. The summed E-state index contributed by atoms with van der Waals surface area (Å²) in [7, 11) is 0. The normalized spacial score (nSPS) is 12.6. The summed E-state index contributed by atoms with van der Waals surface area (Å²) in [5.74, 6) is 2.35. The Balaban J connectivity index is 0.00000336. The van der Waals surface area contributed by atoms with Crippen molar-refractivity contribution < 1.29 is 30.2 Å². The molecule has 0 aliphatic carbocycles. The van der Waals surface area contributed by atoms with Crippen LogP contribution in [0, 0.1) is 18.8 Å². The molecule has 3 aromatic heterocycles. The minimum atomic E-state index is 0. The Morgan fingerprint density at radius 3 is 2.31 bits per heavy atom. The monoisotopic (exact) mass is 804 g/mol. The number of rotatable bonds is 6. The van der Waals surface area contributed by atoms with Crippen molar-refractivity contribution in [2.45, 2.75) is 19.8 Å². The molecule has 0 N–H and O–H groups in total. The number of fused-ring (bicyclic) bond motifs is 6. The molecule has 1 aliphatic rings. The van der Waals surface area contributed by atoms with Gasteiger partial charge in [0.25, 0.3) is 0 Å². The van der Waals surface area contributed by atoms with Crippen LogP contribution >= 0.6 is 0 Å². The van der Waals surface area contributed by atoms with Gasteiger partial charge in [0.1, 0.15) is 17.0 Å². The van der Waals surface area contributed by atoms with Gasteiger partial charge in [-0.2, -0.15) is 12.1 Å². The Labute approximate surface area is 293 Å². The zero-order valence-corrected chi connectivity index (χ0v) is 28.5. The fraction of sp³-hybridized carbons (Fsp3) is 0.0732. The number of pyridine rings is 1. The number of anilines is 4. The van der Waals surface area contributed by atoms with Crippen LogP contribution < -0.4 is 14.5 Å². The maximum atomic E-state index is 6.47. The largest absolute Gasteiger partial charge is 0.509 e. The summed E-state index contributed by atoms with van der Waals surface area (Å²) in [6, 6.07) is 48.0. The van der Waals surface area contributed by atoms with E-state index in [0.29, 0.717) is 17.4 Å². The molecule has 0 amide bonds. The molecule has 9 rings (SSSR count). The number of ether oxygens (including phenoxy) is 1. The Bertz CT molecular complexity index is 2430. The second kappa shape index (κ2) is 12.0. The molecule has 0 fully saturated rings. The van der Waals surface area contributed by atoms with Gasteiger partial charge in [0.2, 0.25) is 0 Å². The third kappa shape index (κ3) is 4.96. The molecule has 0 unspecified atom stereocenters. The third-order valence-corrected chi connectivity index (χ3v) is 8.72. The zero-order valence-electron chi connectivity index (χ0n) is 26.2. The van der Waals surface area contributed by atoms with E-state index in [2.05, 4.69) is 114 Å². The van der Waals surface area contributed by atoms with E-state index in [0.717, 1.165) is 61.5 Å². The molecule has 0 spiro atoms. The first-order chi connectivity index (χ1) is 23.1. The summed E-state index contributed by atoms with van der Waals surface area (Å²) >= 11 is 0. The quantitative estimate of drug-likeness (QED) is 0.157. The molecule has 6 nitrogen and oxygen atoms in total. The van der Waals surface area contributed by atoms with E-state index in [1.54, 1.807) is 0 Å². The van der Waals surface area contributed by atoms with Crippen LogP contribution in [-0.2, 0) is 21.1 Å². The predicted molar refractivity (Wildman–Crippen MR) is 188 cm³/mol. The number of aromatic nitrogens is 2. The molecular formula is C41H29N4O2Pt-3. The zero-order chi connectivity index (χ0) is 31.5. The maximum absolute atomic E-state index is 6.47. The average molecular weight is 805 g/mol. The molecule has 0 bridgehead atoms. The minimum Gasteiger partial charge on any atom is -0.509 e. The van der Waals surface area contributed by atoms with Gasteiger partial charge in [-0.05, 0) is 60.0 Å². The van der Waals surface area contributed by atoms with Crippen molar-refractivity contribution in [2.24, 2.45) is 0 Å². The van der Waals surface area contributed by atoms with Crippen LogP contribution in [0.3, 0.4) is 0 Å². The van der Waals surface area contributed by atoms with E-state index >= 15 is 0 Å². The number of hydrogen-bond donors (Lipinski definition) is 0. The molecule has 5 aromatic carbocycles. The number of nitrogens with zero attached hydrogens (tertiary/aromatic N) is 4. The van der Waals surface area contributed by atoms with Gasteiger partial charge in [-0.25, -0.2) is 4.98 Å². The number of para-hydroxylation sites is 4. The number of furan rings is 1. The van der Waals surface area contributed by atoms with Gasteiger partial charge >= 0.3 is 0 Å². The van der Waals surface area contributed by atoms with Crippen LogP contribution in [0.4, 0.5) is 22.7 Å². The number of benzene rings is 5. The van der Waals surface area contributed by atoms with E-state index in [1.807, 2.05) is 60.8 Å². The summed E-state index contributed by atoms with van der Waals surface area (Å²) in [6.07, 6.45) is 1.87. The standard InChI is InChI=1S/C41H29N4O2.Pt/c1-27(2)28-21-22-42-39(23-28)45-37-25-32(19-20-33(37)41-40(45)34-15-6-9-18-38(34)47-41)46-31-14-10-13-30(24-31)44-26-43(29-11-4-3-5-12-29)35-16-7-8-17-36(35)44;/h3-23,26-27H,1-2H3;/q-3;. The van der Waals surface area contributed by atoms with E-state index in [9.17, 15) is 0 Å². The molecule has 0 atom stereocenters. The summed E-state index contributed by atoms with van der Waals surface area (Å²) < 4.78 is 15.0. The van der Waals surface area contributed by atoms with Gasteiger partial charge in [-0.15, -0.1) is 42.7 Å². The van der Waals surface area contributed by atoms with E-state index < -0.39 is 0 Å². The minimum absolute atomic E-state index is 0. The van der Waals surface area contributed by atoms with Crippen molar-refractivity contribution in [3.8, 4) is 17.3 Å². The SMILES string of the molecule is CC(C)c1ccnc(-n2c3[c-]c(Oc4[c-]c(N5[CH-]N(c6ccccc6)c6ccccc65)ccc4)ccc3c3oc4ccccc4c32)c1.[Pt]. The molecule has 8 aromatic rings. The first-order valence-corrected chi connectivity index (χ1v) is 15.7. The molecule has 7 heteroatoms. The second-order valence-electron chi connectivity index (χ2n) is 12.0. The summed E-state index contributed by atoms with van der Waals surface area (Å²) in [5.41, 5.74) is 8.80. The smallest absolute Gasteiger partial charge is 0.135 e. The van der Waals surface area contributed by atoms with E-state index in [4.69, 9.17) is 14.1 Å². The fourth-order valence-corrected chi connectivity index (χ4v) is 6.43. The van der Waals surface area contributed by atoms with Gasteiger partial charge in [0.05, 0.1) is 5.52 Å². The van der Waals surface area contributed by atoms with Crippen molar-refractivity contribution in [3.05, 3.63) is 152 Å². The van der Waals surface area contributed by atoms with Crippen molar-refractivity contribution in [3.63, 3.8) is 0 Å². The van der Waals surface area contributed by atoms with Crippen LogP contribution in [0.2, 0.25) is 0 Å². The van der Waals surface area contributed by atoms with Crippen molar-refractivity contribution in [2.75, 3.05) is 9.80 Å². The van der Waals surface area contributed by atoms with Gasteiger partial charge in [-0.3, -0.25) is 0 Å². The summed E-state index contributed by atoms with van der Waals surface area (Å²) in [5, 5.41) is 1.97. The Kier molecular flexibility index (Phi) is 7.54. The van der Waals surface area contributed by atoms with Crippen LogP contribution in [-0.4, -0.2) is 9.55 Å².